The van der Waals surface area contributed by atoms with Crippen LogP contribution in [0.5, 0.6) is 0 Å². The van der Waals surface area contributed by atoms with Crippen LogP contribution in [-0.4, -0.2) is 36.1 Å². The molecule has 3 aliphatic rings. The minimum Gasteiger partial charge on any atom is -0.311 e. The van der Waals surface area contributed by atoms with Gasteiger partial charge < -0.3 is 10.2 Å². The van der Waals surface area contributed by atoms with Crippen molar-refractivity contribution in [2.75, 3.05) is 13.6 Å². The zero-order valence-electron chi connectivity index (χ0n) is 9.26. The van der Waals surface area contributed by atoms with Gasteiger partial charge in [0.1, 0.15) is 0 Å². The van der Waals surface area contributed by atoms with Crippen molar-refractivity contribution in [3.63, 3.8) is 0 Å². The summed E-state index contributed by atoms with van der Waals surface area (Å²) in [6, 6.07) is 1.78. The van der Waals surface area contributed by atoms with Gasteiger partial charge in [-0.3, -0.25) is 0 Å². The molecule has 0 radical (unpaired) electrons. The molecule has 0 amide bonds. The van der Waals surface area contributed by atoms with E-state index < -0.39 is 0 Å². The molecule has 3 rings (SSSR count). The lowest BCUT2D eigenvalue weighted by atomic mass is 9.77. The SMILES string of the molecule is CN1C2CCC1CC1(CCCCN1)C2. The normalized spacial score (nSPS) is 48.6. The fourth-order valence-corrected chi connectivity index (χ4v) is 3.95. The van der Waals surface area contributed by atoms with Crippen molar-refractivity contribution in [1.82, 2.24) is 10.2 Å². The van der Waals surface area contributed by atoms with E-state index >= 15 is 0 Å². The number of fused-ring (bicyclic) bond motifs is 2. The summed E-state index contributed by atoms with van der Waals surface area (Å²) in [6.45, 7) is 1.27. The van der Waals surface area contributed by atoms with E-state index in [-0.39, 0.29) is 0 Å². The fraction of sp³-hybridized carbons (Fsp3) is 1.00. The van der Waals surface area contributed by atoms with E-state index in [0.717, 1.165) is 12.1 Å². The highest BCUT2D eigenvalue weighted by Gasteiger charge is 2.46. The molecule has 2 atom stereocenters. The van der Waals surface area contributed by atoms with Crippen LogP contribution in [0.1, 0.15) is 44.9 Å². The van der Waals surface area contributed by atoms with Gasteiger partial charge in [-0.25, -0.2) is 0 Å². The zero-order valence-corrected chi connectivity index (χ0v) is 9.26. The Labute approximate surface area is 87.0 Å². The third kappa shape index (κ3) is 1.31. The average molecular weight is 194 g/mol. The number of nitrogens with one attached hydrogen (secondary N) is 1. The second-order valence-corrected chi connectivity index (χ2v) is 5.62. The Morgan fingerprint density at radius 2 is 1.86 bits per heavy atom. The molecule has 2 nitrogen and oxygen atoms in total. The van der Waals surface area contributed by atoms with Crippen molar-refractivity contribution in [2.24, 2.45) is 0 Å². The molecule has 1 spiro atoms. The maximum atomic E-state index is 3.83. The van der Waals surface area contributed by atoms with Crippen LogP contribution in [0, 0.1) is 0 Å². The van der Waals surface area contributed by atoms with E-state index in [1.165, 1.54) is 51.5 Å². The van der Waals surface area contributed by atoms with Crippen molar-refractivity contribution in [3.8, 4) is 0 Å². The van der Waals surface area contributed by atoms with Crippen LogP contribution in [0.3, 0.4) is 0 Å². The van der Waals surface area contributed by atoms with Gasteiger partial charge in [-0.1, -0.05) is 6.42 Å². The highest BCUT2D eigenvalue weighted by atomic mass is 15.2. The molecule has 3 fully saturated rings. The lowest BCUT2D eigenvalue weighted by Gasteiger charge is -2.48. The topological polar surface area (TPSA) is 15.3 Å². The number of piperidine rings is 2. The van der Waals surface area contributed by atoms with E-state index in [9.17, 15) is 0 Å². The van der Waals surface area contributed by atoms with Gasteiger partial charge in [0.15, 0.2) is 0 Å². The lowest BCUT2D eigenvalue weighted by Crippen LogP contribution is -2.58. The highest BCUT2D eigenvalue weighted by molar-refractivity contribution is 5.05. The molecule has 2 bridgehead atoms. The Kier molecular flexibility index (Phi) is 2.10. The summed E-state index contributed by atoms with van der Waals surface area (Å²) >= 11 is 0. The van der Waals surface area contributed by atoms with Crippen LogP contribution in [0.2, 0.25) is 0 Å². The lowest BCUT2D eigenvalue weighted by molar-refractivity contribution is 0.0726. The first kappa shape index (κ1) is 9.17. The molecule has 3 heterocycles. The van der Waals surface area contributed by atoms with Crippen molar-refractivity contribution in [1.29, 1.82) is 0 Å². The Hall–Kier alpha value is -0.0800. The van der Waals surface area contributed by atoms with Gasteiger partial charge in [-0.2, -0.15) is 0 Å². The predicted octanol–water partition coefficient (Wildman–Crippen LogP) is 1.76. The van der Waals surface area contributed by atoms with Crippen molar-refractivity contribution < 1.29 is 0 Å². The van der Waals surface area contributed by atoms with Gasteiger partial charge in [-0.05, 0) is 52.1 Å². The van der Waals surface area contributed by atoms with Crippen molar-refractivity contribution in [3.05, 3.63) is 0 Å². The summed E-state index contributed by atoms with van der Waals surface area (Å²) in [5.74, 6) is 0. The summed E-state index contributed by atoms with van der Waals surface area (Å²) in [4.78, 5) is 2.64. The fourth-order valence-electron chi connectivity index (χ4n) is 3.95. The Morgan fingerprint density at radius 3 is 2.43 bits per heavy atom. The van der Waals surface area contributed by atoms with Crippen LogP contribution in [0.4, 0.5) is 0 Å². The van der Waals surface area contributed by atoms with Crippen LogP contribution < -0.4 is 5.32 Å². The third-order valence-electron chi connectivity index (χ3n) is 4.82. The van der Waals surface area contributed by atoms with E-state index in [1.54, 1.807) is 0 Å². The van der Waals surface area contributed by atoms with Gasteiger partial charge >= 0.3 is 0 Å². The monoisotopic (exact) mass is 194 g/mol. The van der Waals surface area contributed by atoms with E-state index in [4.69, 9.17) is 0 Å². The third-order valence-corrected chi connectivity index (χ3v) is 4.82. The molecule has 1 N–H and O–H groups in total. The second kappa shape index (κ2) is 3.21. The van der Waals surface area contributed by atoms with Crippen molar-refractivity contribution in [2.45, 2.75) is 62.6 Å². The molecule has 0 saturated carbocycles. The first-order valence-corrected chi connectivity index (χ1v) is 6.26. The van der Waals surface area contributed by atoms with Gasteiger partial charge in [0.05, 0.1) is 0 Å². The maximum Gasteiger partial charge on any atom is 0.0211 e. The van der Waals surface area contributed by atoms with Crippen molar-refractivity contribution >= 4 is 0 Å². The van der Waals surface area contributed by atoms with Crippen LogP contribution in [-0.2, 0) is 0 Å². The van der Waals surface area contributed by atoms with E-state index in [2.05, 4.69) is 17.3 Å². The number of nitrogens with zero attached hydrogens (tertiary/aromatic N) is 1. The molecule has 2 unspecified atom stereocenters. The van der Waals surface area contributed by atoms with Crippen LogP contribution in [0.25, 0.3) is 0 Å². The molecule has 3 saturated heterocycles. The standard InChI is InChI=1S/C12H22N2/c1-14-10-4-5-11(14)9-12(8-10)6-2-3-7-13-12/h10-11,13H,2-9H2,1H3. The van der Waals surface area contributed by atoms with E-state index in [1.807, 2.05) is 0 Å². The first-order valence-electron chi connectivity index (χ1n) is 6.26. The molecule has 0 aromatic rings. The second-order valence-electron chi connectivity index (χ2n) is 5.62. The quantitative estimate of drug-likeness (QED) is 0.632. The van der Waals surface area contributed by atoms with Gasteiger partial charge in [0.2, 0.25) is 0 Å². The molecular formula is C12H22N2. The number of hydrogen-bond donors (Lipinski definition) is 1. The number of hydrogen-bond acceptors (Lipinski definition) is 2. The van der Waals surface area contributed by atoms with Gasteiger partial charge in [0, 0.05) is 17.6 Å². The first-order chi connectivity index (χ1) is 6.79. The Bertz CT molecular complexity index is 204. The summed E-state index contributed by atoms with van der Waals surface area (Å²) in [7, 11) is 2.33. The summed E-state index contributed by atoms with van der Waals surface area (Å²) in [5, 5.41) is 3.83. The minimum absolute atomic E-state index is 0.552. The van der Waals surface area contributed by atoms with Gasteiger partial charge in [-0.15, -0.1) is 0 Å². The molecule has 3 aliphatic heterocycles. The maximum absolute atomic E-state index is 3.83. The molecule has 0 aromatic carbocycles. The van der Waals surface area contributed by atoms with Crippen LogP contribution in [0.15, 0.2) is 0 Å². The zero-order chi connectivity index (χ0) is 9.60. The number of rotatable bonds is 0. The summed E-state index contributed by atoms with van der Waals surface area (Å²) < 4.78 is 0. The Morgan fingerprint density at radius 1 is 1.14 bits per heavy atom. The molecule has 2 heteroatoms. The largest absolute Gasteiger partial charge is 0.311 e. The average Bonchev–Trinajstić information content (AvgIpc) is 2.45. The molecule has 0 aromatic heterocycles. The molecule has 0 aliphatic carbocycles. The predicted molar refractivity (Wildman–Crippen MR) is 58.4 cm³/mol. The summed E-state index contributed by atoms with van der Waals surface area (Å²) in [5.41, 5.74) is 0.552. The summed E-state index contributed by atoms with van der Waals surface area (Å²) in [6.07, 6.45) is 10.0. The van der Waals surface area contributed by atoms with Crippen LogP contribution >= 0.6 is 0 Å². The molecular weight excluding hydrogens is 172 g/mol. The van der Waals surface area contributed by atoms with Gasteiger partial charge in [0.25, 0.3) is 0 Å². The smallest absolute Gasteiger partial charge is 0.0211 e. The molecule has 80 valence electrons. The highest BCUT2D eigenvalue weighted by Crippen LogP contribution is 2.42. The minimum atomic E-state index is 0.552. The molecule has 14 heavy (non-hydrogen) atoms. The Balaban J connectivity index is 1.77. The van der Waals surface area contributed by atoms with E-state index in [0.29, 0.717) is 5.54 Å².